The molecule has 602 valence electrons. The molecule has 0 aromatic heterocycles. The molecule has 16 heteroatoms. The molecule has 15 nitrogen and oxygen atoms in total. The zero-order chi connectivity index (χ0) is 76.2. The molecule has 1 aromatic carbocycles. The highest BCUT2D eigenvalue weighted by molar-refractivity contribution is 7.23. The minimum absolute atomic E-state index is 0.114. The molecule has 0 heterocycles. The van der Waals surface area contributed by atoms with Gasteiger partial charge in [0, 0.05) is 12.8 Å². The Labute approximate surface area is 637 Å². The summed E-state index contributed by atoms with van der Waals surface area (Å²) in [6, 6.07) is 7.53. The van der Waals surface area contributed by atoms with Gasteiger partial charge >= 0.3 is 29.8 Å². The van der Waals surface area contributed by atoms with Crippen LogP contribution < -0.4 is 10.6 Å². The van der Waals surface area contributed by atoms with Crippen LogP contribution in [-0.4, -0.2) is 88.4 Å². The third kappa shape index (κ3) is 65.6. The van der Waals surface area contributed by atoms with Gasteiger partial charge in [-0.3, -0.25) is 33.3 Å². The fourth-order valence-electron chi connectivity index (χ4n) is 13.5. The molecule has 0 aliphatic carbocycles. The Hall–Kier alpha value is -4.65. The Morgan fingerprint density at radius 1 is 0.375 bits per heavy atom. The van der Waals surface area contributed by atoms with Crippen molar-refractivity contribution in [1.29, 1.82) is 0 Å². The molecule has 0 bridgehead atoms. The van der Waals surface area contributed by atoms with E-state index in [2.05, 4.69) is 38.3 Å². The number of allylic oxidation sites excluding steroid dienone is 1. The predicted molar refractivity (Wildman–Crippen MR) is 431 cm³/mol. The second kappa shape index (κ2) is 76.5. The average Bonchev–Trinajstić information content (AvgIpc) is 0.860. The summed E-state index contributed by atoms with van der Waals surface area (Å²) in [6.45, 7) is 10.9. The third-order valence-corrected chi connectivity index (χ3v) is 20.7. The highest BCUT2D eigenvalue weighted by Crippen LogP contribution is 2.24. The predicted octanol–water partition coefficient (Wildman–Crippen LogP) is 25.3. The summed E-state index contributed by atoms with van der Waals surface area (Å²) >= 11 is 0. The normalized spacial score (nSPS) is 12.8. The van der Waals surface area contributed by atoms with Crippen LogP contribution >= 0.6 is 8.46 Å². The van der Waals surface area contributed by atoms with Gasteiger partial charge in [-0.25, -0.2) is 4.79 Å². The molecule has 4 N–H and O–H groups in total. The number of nitrogens with one attached hydrogen (secondary N) is 2. The number of aliphatic carboxylic acids is 2. The molecule has 0 saturated heterocycles. The SMILES string of the molecule is CCCCCCCCCCCCC/C=C/[C@@H](OC(=O)CCC(=O)O)[C@H](CP=O)NC(=O)CCCCCCCCCCCCCCCCC.CCCCCCCCCCCCCCCCCC(=O)N[C@@H](CC)[C@H](OC(=O)CCC(=O)O)[C@@H](CCCCCCCCCCCCCC)OC(=O)c1ccccc1. The quantitative estimate of drug-likeness (QED) is 0.0157. The minimum atomic E-state index is -1.09. The number of unbranched alkanes of at least 4 members (excludes halogenated alkanes) is 50. The summed E-state index contributed by atoms with van der Waals surface area (Å²) in [7, 11) is -0.151. The van der Waals surface area contributed by atoms with E-state index in [0.717, 1.165) is 83.5 Å². The Balaban J connectivity index is 0.00000207. The Morgan fingerprint density at radius 2 is 0.692 bits per heavy atom. The summed E-state index contributed by atoms with van der Waals surface area (Å²) in [6.07, 6.45) is 68.7. The Kier molecular flexibility index (Phi) is 73.1. The van der Waals surface area contributed by atoms with E-state index < -0.39 is 60.2 Å². The number of carbonyl (C=O) groups excluding carboxylic acids is 5. The molecule has 2 amide bonds. The van der Waals surface area contributed by atoms with Crippen LogP contribution in [0.1, 0.15) is 443 Å². The third-order valence-electron chi connectivity index (χ3n) is 20.1. The molecule has 104 heavy (non-hydrogen) atoms. The van der Waals surface area contributed by atoms with Gasteiger partial charge in [0.1, 0.15) is 12.2 Å². The fourth-order valence-corrected chi connectivity index (χ4v) is 14.0. The first-order valence-electron chi connectivity index (χ1n) is 43.4. The molecule has 0 aliphatic rings. The van der Waals surface area contributed by atoms with Crippen LogP contribution in [0.5, 0.6) is 0 Å². The van der Waals surface area contributed by atoms with Crippen molar-refractivity contribution in [2.45, 2.75) is 463 Å². The number of hydrogen-bond acceptors (Lipinski definition) is 11. The highest BCUT2D eigenvalue weighted by Gasteiger charge is 2.36. The lowest BCUT2D eigenvalue weighted by molar-refractivity contribution is -0.161. The lowest BCUT2D eigenvalue weighted by Gasteiger charge is -2.33. The topological polar surface area (TPSA) is 229 Å². The summed E-state index contributed by atoms with van der Waals surface area (Å²) in [5.74, 6) is -4.23. The molecule has 5 atom stereocenters. The van der Waals surface area contributed by atoms with Crippen LogP contribution in [0.2, 0.25) is 0 Å². The number of hydrogen-bond donors (Lipinski definition) is 4. The zero-order valence-corrected chi connectivity index (χ0v) is 68.2. The summed E-state index contributed by atoms with van der Waals surface area (Å²) < 4.78 is 29.3. The molecule has 0 radical (unpaired) electrons. The van der Waals surface area contributed by atoms with Crippen molar-refractivity contribution in [1.82, 2.24) is 10.6 Å². The smallest absolute Gasteiger partial charge is 0.338 e. The van der Waals surface area contributed by atoms with Gasteiger partial charge in [0.15, 0.2) is 14.6 Å². The highest BCUT2D eigenvalue weighted by atomic mass is 31.1. The minimum Gasteiger partial charge on any atom is -0.481 e. The molecule has 0 aliphatic heterocycles. The van der Waals surface area contributed by atoms with E-state index in [1.54, 1.807) is 30.3 Å². The van der Waals surface area contributed by atoms with E-state index in [1.165, 1.54) is 263 Å². The first-order valence-corrected chi connectivity index (χ1v) is 44.4. The van der Waals surface area contributed by atoms with Crippen LogP contribution in [0.4, 0.5) is 0 Å². The maximum absolute atomic E-state index is 13.4. The number of carboxylic acid groups (broad SMARTS) is 2. The lowest BCUT2D eigenvalue weighted by Crippen LogP contribution is -2.51. The number of rotatable bonds is 76. The number of carboxylic acids is 2. The van der Waals surface area contributed by atoms with Crippen LogP contribution in [0.3, 0.4) is 0 Å². The largest absolute Gasteiger partial charge is 0.481 e. The Bertz CT molecular complexity index is 2210. The second-order valence-corrected chi connectivity index (χ2v) is 30.5. The molecule has 1 rings (SSSR count). The van der Waals surface area contributed by atoms with Gasteiger partial charge in [-0.15, -0.1) is 0 Å². The summed E-state index contributed by atoms with van der Waals surface area (Å²) in [5.41, 5.74) is 0.397. The number of esters is 3. The lowest BCUT2D eigenvalue weighted by atomic mass is 9.96. The van der Waals surface area contributed by atoms with Crippen molar-refractivity contribution in [3.05, 3.63) is 48.0 Å². The van der Waals surface area contributed by atoms with Gasteiger partial charge in [0.25, 0.3) is 0 Å². The van der Waals surface area contributed by atoms with Gasteiger partial charge in [-0.2, -0.15) is 0 Å². The molecule has 0 saturated carbocycles. The molecule has 0 unspecified atom stereocenters. The molecular formula is C88H157N2O13P. The number of ether oxygens (including phenoxy) is 3. The number of amides is 2. The van der Waals surface area contributed by atoms with Crippen LogP contribution in [0.25, 0.3) is 0 Å². The molecule has 1 aromatic rings. The second-order valence-electron chi connectivity index (χ2n) is 29.9. The average molecular weight is 1480 g/mol. The number of carbonyl (C=O) groups is 7. The van der Waals surface area contributed by atoms with Gasteiger partial charge < -0.3 is 35.1 Å². The maximum atomic E-state index is 13.4. The van der Waals surface area contributed by atoms with E-state index >= 15 is 0 Å². The zero-order valence-electron chi connectivity index (χ0n) is 67.3. The first-order chi connectivity index (χ1) is 50.8. The number of benzene rings is 1. The molecular weight excluding hydrogens is 1320 g/mol. The van der Waals surface area contributed by atoms with Crippen LogP contribution in [0, 0.1) is 0 Å². The van der Waals surface area contributed by atoms with Gasteiger partial charge in [-0.1, -0.05) is 374 Å². The van der Waals surface area contributed by atoms with Crippen molar-refractivity contribution < 1.29 is 62.6 Å². The van der Waals surface area contributed by atoms with Crippen LogP contribution in [0.15, 0.2) is 42.5 Å². The first kappa shape index (κ1) is 99.3. The van der Waals surface area contributed by atoms with Crippen molar-refractivity contribution in [3.8, 4) is 0 Å². The molecule has 0 spiro atoms. The maximum Gasteiger partial charge on any atom is 0.338 e. The van der Waals surface area contributed by atoms with Crippen molar-refractivity contribution in [2.24, 2.45) is 0 Å². The van der Waals surface area contributed by atoms with E-state index in [4.69, 9.17) is 19.3 Å². The van der Waals surface area contributed by atoms with E-state index in [-0.39, 0.29) is 52.1 Å². The van der Waals surface area contributed by atoms with Crippen molar-refractivity contribution in [2.75, 3.05) is 6.16 Å². The Morgan fingerprint density at radius 3 is 1.03 bits per heavy atom. The molecule has 0 fully saturated rings. The van der Waals surface area contributed by atoms with Gasteiger partial charge in [0.05, 0.1) is 49.5 Å². The fraction of sp³-hybridized carbons (Fsp3) is 0.830. The van der Waals surface area contributed by atoms with E-state index in [1.807, 2.05) is 19.1 Å². The summed E-state index contributed by atoms with van der Waals surface area (Å²) in [4.78, 5) is 87.0. The van der Waals surface area contributed by atoms with Crippen LogP contribution in [-0.2, 0) is 47.5 Å². The van der Waals surface area contributed by atoms with Crippen molar-refractivity contribution in [3.63, 3.8) is 0 Å². The van der Waals surface area contributed by atoms with Gasteiger partial charge in [0.2, 0.25) is 11.8 Å². The van der Waals surface area contributed by atoms with Gasteiger partial charge in [-0.05, 0) is 63.2 Å². The summed E-state index contributed by atoms with van der Waals surface area (Å²) in [5, 5.41) is 24.2. The van der Waals surface area contributed by atoms with E-state index in [9.17, 15) is 43.2 Å². The van der Waals surface area contributed by atoms with Crippen molar-refractivity contribution >= 4 is 50.1 Å². The van der Waals surface area contributed by atoms with E-state index in [0.29, 0.717) is 31.2 Å². The monoisotopic (exact) mass is 1480 g/mol. The standard InChI is InChI=1S/C48H83NO7.C40H74NO6P/c1-4-7-9-11-13-15-17-19-20-21-23-25-27-29-34-38-44(50)49-42(6-3)47(56-46(53)40-39-45(51)52)43(55-48(54)41-35-31-30-32-36-41)37-33-28-26-24-22-18-16-14-12-10-8-5-2;1-3-5-7-9-11-13-15-17-18-20-22-24-26-28-30-32-38(42)41-36(35-48-46)37(47-40(45)34-33-39(43)44)31-29-27-25-23-21-19-16-14-12-10-8-6-4-2/h30-32,35-36,42-43,47H,4-29,33-34,37-40H2,1-3H3,(H,49,50)(H,51,52);29,31,36-37H,3-28,30,32-35H2,1-2H3,(H,41,42)(H,43,44)/b;31-29+/t42-,43+,47-;36-,37+/m00/s1.